The zero-order chi connectivity index (χ0) is 17.4. The van der Waals surface area contributed by atoms with Crippen molar-refractivity contribution in [1.29, 1.82) is 0 Å². The second-order valence-corrected chi connectivity index (χ2v) is 6.23. The van der Waals surface area contributed by atoms with Crippen LogP contribution in [0.5, 0.6) is 0 Å². The van der Waals surface area contributed by atoms with Crippen molar-refractivity contribution in [2.24, 2.45) is 0 Å². The van der Waals surface area contributed by atoms with Crippen LogP contribution in [0.4, 0.5) is 10.1 Å². The van der Waals surface area contributed by atoms with E-state index in [1.165, 1.54) is 24.3 Å². The highest BCUT2D eigenvalue weighted by atomic mass is 32.1. The average Bonchev–Trinajstić information content (AvgIpc) is 3.04. The predicted octanol–water partition coefficient (Wildman–Crippen LogP) is 2.78. The van der Waals surface area contributed by atoms with Crippen LogP contribution in [-0.2, 0) is 11.2 Å². The van der Waals surface area contributed by atoms with Gasteiger partial charge >= 0.3 is 0 Å². The second-order valence-electron chi connectivity index (χ2n) is 5.17. The number of aryl methyl sites for hydroxylation is 1. The Kier molecular flexibility index (Phi) is 6.80. The monoisotopic (exact) mass is 350 g/mol. The molecule has 1 aromatic carbocycles. The van der Waals surface area contributed by atoms with Crippen LogP contribution in [0.3, 0.4) is 0 Å². The van der Waals surface area contributed by atoms with Gasteiger partial charge in [0.15, 0.2) is 0 Å². The predicted molar refractivity (Wildman–Crippen MR) is 90.5 cm³/mol. The molecule has 1 heterocycles. The Balaban J connectivity index is 1.82. The molecule has 0 atom stereocenters. The van der Waals surface area contributed by atoms with Crippen LogP contribution in [-0.4, -0.2) is 28.6 Å². The van der Waals surface area contributed by atoms with Gasteiger partial charge in [0.1, 0.15) is 10.8 Å². The van der Waals surface area contributed by atoms with Crippen LogP contribution in [0.2, 0.25) is 0 Å². The summed E-state index contributed by atoms with van der Waals surface area (Å²) in [6.45, 7) is 2.74. The molecule has 2 rings (SSSR count). The maximum absolute atomic E-state index is 12.8. The topological polar surface area (TPSA) is 84.0 Å². The van der Waals surface area contributed by atoms with Crippen molar-refractivity contribution in [2.75, 3.05) is 11.9 Å². The summed E-state index contributed by atoms with van der Waals surface area (Å²) in [7, 11) is 0. The van der Waals surface area contributed by atoms with Crippen LogP contribution in [0, 0.1) is 5.82 Å². The van der Waals surface area contributed by atoms with Gasteiger partial charge in [0, 0.05) is 25.1 Å². The number of carbonyl (C=O) groups is 2. The van der Waals surface area contributed by atoms with E-state index in [2.05, 4.69) is 27.8 Å². The van der Waals surface area contributed by atoms with E-state index in [0.717, 1.165) is 24.2 Å². The first-order valence-corrected chi connectivity index (χ1v) is 8.56. The van der Waals surface area contributed by atoms with Gasteiger partial charge in [0.2, 0.25) is 10.9 Å². The second kappa shape index (κ2) is 9.07. The lowest BCUT2D eigenvalue weighted by molar-refractivity contribution is -0.121. The number of hydrogen-bond donors (Lipinski definition) is 2. The quantitative estimate of drug-likeness (QED) is 0.717. The Bertz CT molecular complexity index is 688. The molecule has 0 radical (unpaired) electrons. The van der Waals surface area contributed by atoms with E-state index in [4.69, 9.17) is 0 Å². The zero-order valence-corrected chi connectivity index (χ0v) is 14.2. The van der Waals surface area contributed by atoms with Crippen LogP contribution in [0.25, 0.3) is 0 Å². The standard InChI is InChI=1S/C16H19FN4O2S/c1-2-3-10-18-13(22)8-9-14-20-21-16(24-14)15(23)19-12-6-4-11(17)5-7-12/h4-7H,2-3,8-10H2,1H3,(H,18,22)(H,19,23). The minimum Gasteiger partial charge on any atom is -0.356 e. The van der Waals surface area contributed by atoms with Gasteiger partial charge < -0.3 is 10.6 Å². The maximum Gasteiger partial charge on any atom is 0.286 e. The SMILES string of the molecule is CCCCNC(=O)CCc1nnc(C(=O)Nc2ccc(F)cc2)s1. The van der Waals surface area contributed by atoms with E-state index in [0.29, 0.717) is 30.1 Å². The third kappa shape index (κ3) is 5.69. The first kappa shape index (κ1) is 18.0. The van der Waals surface area contributed by atoms with E-state index < -0.39 is 5.91 Å². The molecule has 1 aromatic heterocycles. The summed E-state index contributed by atoms with van der Waals surface area (Å²) in [4.78, 5) is 23.7. The molecule has 0 saturated carbocycles. The number of nitrogens with zero attached hydrogens (tertiary/aromatic N) is 2. The number of amides is 2. The summed E-state index contributed by atoms with van der Waals surface area (Å²) >= 11 is 1.15. The molecule has 0 aliphatic rings. The fourth-order valence-corrected chi connectivity index (χ4v) is 2.61. The smallest absolute Gasteiger partial charge is 0.286 e. The highest BCUT2D eigenvalue weighted by Crippen LogP contribution is 2.15. The van der Waals surface area contributed by atoms with Crippen molar-refractivity contribution in [2.45, 2.75) is 32.6 Å². The number of aromatic nitrogens is 2. The molecule has 0 unspecified atom stereocenters. The first-order chi connectivity index (χ1) is 11.6. The molecule has 8 heteroatoms. The van der Waals surface area contributed by atoms with Gasteiger partial charge in [-0.25, -0.2) is 4.39 Å². The van der Waals surface area contributed by atoms with Gasteiger partial charge in [-0.15, -0.1) is 10.2 Å². The van der Waals surface area contributed by atoms with Crippen molar-refractivity contribution in [3.05, 3.63) is 40.1 Å². The van der Waals surface area contributed by atoms with E-state index in [1.807, 2.05) is 0 Å². The highest BCUT2D eigenvalue weighted by Gasteiger charge is 2.14. The number of benzene rings is 1. The van der Waals surface area contributed by atoms with Crippen molar-refractivity contribution < 1.29 is 14.0 Å². The Morgan fingerprint density at radius 1 is 1.21 bits per heavy atom. The van der Waals surface area contributed by atoms with Gasteiger partial charge in [0.05, 0.1) is 0 Å². The molecule has 2 N–H and O–H groups in total. The van der Waals surface area contributed by atoms with E-state index in [9.17, 15) is 14.0 Å². The molecule has 0 bridgehead atoms. The van der Waals surface area contributed by atoms with Crippen molar-refractivity contribution >= 4 is 28.8 Å². The lowest BCUT2D eigenvalue weighted by atomic mass is 10.3. The summed E-state index contributed by atoms with van der Waals surface area (Å²) in [5.41, 5.74) is 0.480. The Hall–Kier alpha value is -2.35. The molecule has 0 saturated heterocycles. The van der Waals surface area contributed by atoms with Crippen LogP contribution < -0.4 is 10.6 Å². The number of halogens is 1. The fourth-order valence-electron chi connectivity index (χ4n) is 1.88. The van der Waals surface area contributed by atoms with Gasteiger partial charge in [0.25, 0.3) is 5.91 Å². The summed E-state index contributed by atoms with van der Waals surface area (Å²) < 4.78 is 12.8. The summed E-state index contributed by atoms with van der Waals surface area (Å²) in [5.74, 6) is -0.808. The molecular formula is C16H19FN4O2S. The Morgan fingerprint density at radius 3 is 2.67 bits per heavy atom. The number of carbonyl (C=O) groups excluding carboxylic acids is 2. The van der Waals surface area contributed by atoms with Crippen LogP contribution >= 0.6 is 11.3 Å². The molecule has 0 spiro atoms. The molecule has 128 valence electrons. The van der Waals surface area contributed by atoms with Gasteiger partial charge in [-0.3, -0.25) is 9.59 Å². The molecule has 0 fully saturated rings. The third-order valence-electron chi connectivity index (χ3n) is 3.18. The number of unbranched alkanes of at least 4 members (excludes halogenated alkanes) is 1. The largest absolute Gasteiger partial charge is 0.356 e. The minimum atomic E-state index is -0.405. The maximum atomic E-state index is 12.8. The number of hydrogen-bond acceptors (Lipinski definition) is 5. The van der Waals surface area contributed by atoms with Crippen molar-refractivity contribution in [1.82, 2.24) is 15.5 Å². The average molecular weight is 350 g/mol. The third-order valence-corrected chi connectivity index (χ3v) is 4.16. The Labute approximate surface area is 143 Å². The zero-order valence-electron chi connectivity index (χ0n) is 13.3. The normalized spacial score (nSPS) is 10.4. The van der Waals surface area contributed by atoms with Gasteiger partial charge in [-0.05, 0) is 30.7 Å². The molecule has 0 aliphatic heterocycles. The van der Waals surface area contributed by atoms with E-state index in [1.54, 1.807) is 0 Å². The molecular weight excluding hydrogens is 331 g/mol. The molecule has 2 aromatic rings. The molecule has 2 amide bonds. The summed E-state index contributed by atoms with van der Waals surface area (Å²) in [5, 5.41) is 14.1. The van der Waals surface area contributed by atoms with E-state index >= 15 is 0 Å². The van der Waals surface area contributed by atoms with Gasteiger partial charge in [-0.1, -0.05) is 24.7 Å². The lowest BCUT2D eigenvalue weighted by Crippen LogP contribution is -2.24. The van der Waals surface area contributed by atoms with Crippen LogP contribution in [0.15, 0.2) is 24.3 Å². The minimum absolute atomic E-state index is 0.0315. The Morgan fingerprint density at radius 2 is 1.96 bits per heavy atom. The number of nitrogens with one attached hydrogen (secondary N) is 2. The summed E-state index contributed by atoms with van der Waals surface area (Å²) in [6.07, 6.45) is 2.75. The fraction of sp³-hybridized carbons (Fsp3) is 0.375. The molecule has 24 heavy (non-hydrogen) atoms. The summed E-state index contributed by atoms with van der Waals surface area (Å²) in [6, 6.07) is 5.46. The molecule has 6 nitrogen and oxygen atoms in total. The first-order valence-electron chi connectivity index (χ1n) is 7.74. The van der Waals surface area contributed by atoms with Crippen molar-refractivity contribution in [3.63, 3.8) is 0 Å². The lowest BCUT2D eigenvalue weighted by Gasteiger charge is -2.02. The van der Waals surface area contributed by atoms with Gasteiger partial charge in [-0.2, -0.15) is 0 Å². The van der Waals surface area contributed by atoms with Crippen molar-refractivity contribution in [3.8, 4) is 0 Å². The highest BCUT2D eigenvalue weighted by molar-refractivity contribution is 7.13. The number of anilines is 1. The van der Waals surface area contributed by atoms with Crippen LogP contribution in [0.1, 0.15) is 41.0 Å². The number of rotatable bonds is 8. The van der Waals surface area contributed by atoms with E-state index in [-0.39, 0.29) is 16.7 Å². The molecule has 0 aliphatic carbocycles.